The van der Waals surface area contributed by atoms with E-state index < -0.39 is 11.2 Å². The van der Waals surface area contributed by atoms with E-state index in [0.29, 0.717) is 107 Å². The van der Waals surface area contributed by atoms with Gasteiger partial charge in [0.05, 0.1) is 53.0 Å². The Morgan fingerprint density at radius 2 is 0.990 bits per heavy atom. The number of ketones is 2. The third-order valence-corrected chi connectivity index (χ3v) is 23.8. The number of hydrogen-bond acceptors (Lipinski definition) is 18. The number of benzene rings is 6. The summed E-state index contributed by atoms with van der Waals surface area (Å²) >= 11 is 6.40. The quantitative estimate of drug-likeness (QED) is 0.0354. The number of nitrogens with zero attached hydrogens (tertiary/aromatic N) is 2. The van der Waals surface area contributed by atoms with Crippen molar-refractivity contribution in [2.24, 2.45) is 11.8 Å². The van der Waals surface area contributed by atoms with Crippen molar-refractivity contribution in [1.82, 2.24) is 9.80 Å². The zero-order valence-corrected chi connectivity index (χ0v) is 57.7. The summed E-state index contributed by atoms with van der Waals surface area (Å²) in [4.78, 5) is 84.0. The van der Waals surface area contributed by atoms with Crippen LogP contribution in [0.5, 0.6) is 46.0 Å². The van der Waals surface area contributed by atoms with Crippen molar-refractivity contribution in [2.45, 2.75) is 122 Å². The zero-order valence-electron chi connectivity index (χ0n) is 54.4. The van der Waals surface area contributed by atoms with Crippen LogP contribution in [0.3, 0.4) is 0 Å². The minimum absolute atomic E-state index is 0. The number of rotatable bonds is 22. The first-order chi connectivity index (χ1) is 47.7. The molecule has 6 aromatic carbocycles. The van der Waals surface area contributed by atoms with E-state index in [1.807, 2.05) is 168 Å². The normalized spacial score (nSPS) is 21.8. The minimum Gasteiger partial charge on any atom is -0.493 e. The highest BCUT2D eigenvalue weighted by molar-refractivity contribution is 8.02. The van der Waals surface area contributed by atoms with Gasteiger partial charge in [-0.05, 0) is 127 Å². The highest BCUT2D eigenvalue weighted by atomic mass is 32.2. The Kier molecular flexibility index (Phi) is 20.0. The van der Waals surface area contributed by atoms with Crippen LogP contribution in [0, 0.1) is 11.8 Å². The van der Waals surface area contributed by atoms with Gasteiger partial charge in [-0.3, -0.25) is 19.2 Å². The summed E-state index contributed by atoms with van der Waals surface area (Å²) in [5.74, 6) is 4.26. The number of hydrogen-bond donors (Lipinski definition) is 0. The summed E-state index contributed by atoms with van der Waals surface area (Å²) in [5, 5.41) is 5.93. The van der Waals surface area contributed by atoms with Gasteiger partial charge in [-0.2, -0.15) is 0 Å². The van der Waals surface area contributed by atoms with Crippen molar-refractivity contribution >= 4 is 81.5 Å². The van der Waals surface area contributed by atoms with Gasteiger partial charge in [-0.15, -0.1) is 46.2 Å². The second-order valence-electron chi connectivity index (χ2n) is 25.5. The third-order valence-electron chi connectivity index (χ3n) is 19.4. The second-order valence-corrected chi connectivity index (χ2v) is 29.7. The number of thioether (sulfide) groups is 2. The lowest BCUT2D eigenvalue weighted by Crippen LogP contribution is -2.64. The van der Waals surface area contributed by atoms with Gasteiger partial charge in [0.1, 0.15) is 70.8 Å². The van der Waals surface area contributed by atoms with Crippen LogP contribution in [0.2, 0.25) is 0 Å². The molecular formula is C80H78N2O14S4. The van der Waals surface area contributed by atoms with E-state index in [-0.39, 0.29) is 98.2 Å². The Morgan fingerprint density at radius 3 is 1.45 bits per heavy atom. The molecule has 100 heavy (non-hydrogen) atoms. The first kappa shape index (κ1) is 69.4. The fraction of sp³-hybridized carbons (Fsp3) is 0.325. The lowest BCUT2D eigenvalue weighted by Gasteiger charge is -2.52. The van der Waals surface area contributed by atoms with Crippen molar-refractivity contribution in [1.29, 1.82) is 0 Å². The summed E-state index contributed by atoms with van der Waals surface area (Å²) < 4.78 is 50.2. The fourth-order valence-corrected chi connectivity index (χ4v) is 18.6. The molecule has 0 aliphatic carbocycles. The van der Waals surface area contributed by atoms with Crippen LogP contribution in [0.4, 0.5) is 0 Å². The molecule has 16 nitrogen and oxygen atoms in total. The number of β-lactam (4-membered cyclic amide) rings is 2. The molecule has 7 unspecified atom stereocenters. The molecule has 0 saturated carbocycles. The first-order valence-corrected chi connectivity index (χ1v) is 37.0. The lowest BCUT2D eigenvalue weighted by molar-refractivity contribution is -0.155. The SMILES string of the molecule is C.C.CCCCOc1ccc2c(c1)Oc1cc(OCC3=C(C)N4C(=O)C(CC(=O)Cc5cccs5)C4SC3)ccc1C21OC(=O)c2ccccc21.CCCCOc1ccc2c(c1)Oc1cc(OCC3=CSC4C(CC(=O)Cc5cccs5)C(=O)N4C3C)ccc1C21OC(=O)c2ccccc21. The Balaban J connectivity index is 0.000000176. The van der Waals surface area contributed by atoms with E-state index in [0.717, 1.165) is 74.5 Å². The van der Waals surface area contributed by atoms with Gasteiger partial charge in [0.15, 0.2) is 11.2 Å². The molecule has 0 radical (unpaired) electrons. The summed E-state index contributed by atoms with van der Waals surface area (Å²) in [7, 11) is 0. The molecule has 8 aromatic rings. The van der Waals surface area contributed by atoms with Gasteiger partial charge < -0.3 is 47.7 Å². The summed E-state index contributed by atoms with van der Waals surface area (Å²) in [5.41, 5.74) is 5.99. The molecule has 0 N–H and O–H groups in total. The van der Waals surface area contributed by atoms with E-state index in [9.17, 15) is 28.8 Å². The standard InChI is InChI=1S/2C39H35NO7S2.2CH4/c2*1-3-4-15-44-26-11-13-32-34(19-26)46-35-20-27(12-14-33(35)39(32)31-10-6-5-9-29(31)38(43)47-39)45-21-24-22-49-37-30(36(42)40(37)23(24)2)18-25(41)17-28-8-7-16-48-28;;/h5-14,16,19-20,30,37H,3-4,15,17-18,21-22H2,1-2H3;5-14,16,19-20,22-23,30,37H,3-4,15,17-18,21H2,1-2H3;2*1H4. The van der Waals surface area contributed by atoms with Gasteiger partial charge in [0.25, 0.3) is 0 Å². The van der Waals surface area contributed by atoms with Crippen LogP contribution in [0.15, 0.2) is 179 Å². The monoisotopic (exact) mass is 1420 g/mol. The lowest BCUT2D eigenvalue weighted by atomic mass is 9.77. The molecule has 8 aliphatic rings. The van der Waals surface area contributed by atoms with Crippen LogP contribution in [0.1, 0.15) is 145 Å². The van der Waals surface area contributed by atoms with E-state index in [1.54, 1.807) is 58.3 Å². The van der Waals surface area contributed by atoms with Gasteiger partial charge in [0.2, 0.25) is 11.8 Å². The fourth-order valence-electron chi connectivity index (χ4n) is 14.3. The van der Waals surface area contributed by atoms with E-state index in [2.05, 4.69) is 19.3 Å². The van der Waals surface area contributed by atoms with Gasteiger partial charge in [-0.25, -0.2) is 9.59 Å². The highest BCUT2D eigenvalue weighted by Crippen LogP contribution is 2.59. The first-order valence-electron chi connectivity index (χ1n) is 33.2. The van der Waals surface area contributed by atoms with E-state index >= 15 is 0 Å². The maximum Gasteiger partial charge on any atom is 0.340 e. The van der Waals surface area contributed by atoms with Crippen LogP contribution >= 0.6 is 46.2 Å². The zero-order chi connectivity index (χ0) is 67.4. The average Bonchev–Trinajstić information content (AvgIpc) is 1.50. The summed E-state index contributed by atoms with van der Waals surface area (Å²) in [6.07, 6.45) is 5.22. The predicted molar refractivity (Wildman–Crippen MR) is 388 cm³/mol. The van der Waals surface area contributed by atoms with Crippen LogP contribution in [0.25, 0.3) is 0 Å². The molecular weight excluding hydrogens is 1340 g/mol. The Morgan fingerprint density at radius 1 is 0.540 bits per heavy atom. The average molecular weight is 1420 g/mol. The van der Waals surface area contributed by atoms with Crippen molar-refractivity contribution in [3.8, 4) is 46.0 Å². The number of amides is 2. The number of allylic oxidation sites excluding steroid dienone is 1. The molecule has 20 heteroatoms. The summed E-state index contributed by atoms with van der Waals surface area (Å²) in [6, 6.07) is 45.1. The molecule has 516 valence electrons. The molecule has 2 fully saturated rings. The minimum atomic E-state index is -1.18. The topological polar surface area (TPSA) is 183 Å². The number of Topliss-reactive ketones (excluding diaryl/α,β-unsaturated/α-hetero) is 2. The van der Waals surface area contributed by atoms with Gasteiger partial charge >= 0.3 is 11.9 Å². The number of thiophene rings is 2. The van der Waals surface area contributed by atoms with Crippen molar-refractivity contribution < 1.29 is 66.7 Å². The maximum absolute atomic E-state index is 13.2. The van der Waals surface area contributed by atoms with E-state index in [4.69, 9.17) is 37.9 Å². The van der Waals surface area contributed by atoms with Gasteiger partial charge in [-0.1, -0.05) is 90.1 Å². The molecule has 2 aromatic heterocycles. The number of unbranched alkanes of at least 4 members (excludes halogenated alkanes) is 2. The molecule has 2 amide bonds. The molecule has 7 atom stereocenters. The number of fused-ring (bicyclic) bond motifs is 14. The molecule has 2 saturated heterocycles. The maximum atomic E-state index is 13.2. The molecule has 0 bridgehead atoms. The number of ether oxygens (including phenoxy) is 8. The van der Waals surface area contributed by atoms with Gasteiger partial charge in [0, 0.05) is 105 Å². The second kappa shape index (κ2) is 28.9. The number of carbonyl (C=O) groups is 6. The van der Waals surface area contributed by atoms with Crippen LogP contribution in [-0.2, 0) is 52.7 Å². The molecule has 10 heterocycles. The molecule has 16 rings (SSSR count). The van der Waals surface area contributed by atoms with Crippen molar-refractivity contribution in [2.75, 3.05) is 32.2 Å². The van der Waals surface area contributed by atoms with Crippen LogP contribution < -0.4 is 28.4 Å². The number of carbonyl (C=O) groups excluding carboxylic acids is 6. The number of esters is 2. The molecule has 2 spiro atoms. The Bertz CT molecular complexity index is 4510. The molecule has 8 aliphatic heterocycles. The summed E-state index contributed by atoms with van der Waals surface area (Å²) in [6.45, 7) is 9.96. The smallest absolute Gasteiger partial charge is 0.340 e. The van der Waals surface area contributed by atoms with Crippen molar-refractivity contribution in [3.05, 3.63) is 233 Å². The Hall–Kier alpha value is -9.08. The third kappa shape index (κ3) is 12.5. The Labute approximate surface area is 598 Å². The highest BCUT2D eigenvalue weighted by Gasteiger charge is 2.57. The van der Waals surface area contributed by atoms with Crippen molar-refractivity contribution in [3.63, 3.8) is 0 Å². The van der Waals surface area contributed by atoms with Crippen LogP contribution in [-0.4, -0.2) is 94.1 Å². The largest absolute Gasteiger partial charge is 0.493 e. The predicted octanol–water partition coefficient (Wildman–Crippen LogP) is 17.0. The van der Waals surface area contributed by atoms with E-state index in [1.165, 1.54) is 0 Å².